The van der Waals surface area contributed by atoms with E-state index in [-0.39, 0.29) is 11.6 Å². The van der Waals surface area contributed by atoms with Crippen LogP contribution in [0.3, 0.4) is 0 Å². The standard InChI is InChI=1S/C19H17FN4O/c1-24(13-14-8-11-21-12-9-14)19(25)15-5-4-10-22-18(15)23-17-7-3-2-6-16(17)20/h2-12H,13H2,1H3,(H,22,23). The number of anilines is 2. The molecule has 3 aromatic rings. The molecule has 2 aromatic heterocycles. The first-order chi connectivity index (χ1) is 12.1. The number of benzene rings is 1. The summed E-state index contributed by atoms with van der Waals surface area (Å²) in [6.45, 7) is 0.440. The zero-order chi connectivity index (χ0) is 17.6. The van der Waals surface area contributed by atoms with E-state index in [9.17, 15) is 9.18 Å². The van der Waals surface area contributed by atoms with Crippen LogP contribution in [0.25, 0.3) is 0 Å². The molecule has 25 heavy (non-hydrogen) atoms. The van der Waals surface area contributed by atoms with Gasteiger partial charge in [-0.15, -0.1) is 0 Å². The number of halogens is 1. The molecule has 6 heteroatoms. The molecule has 1 N–H and O–H groups in total. The first kappa shape index (κ1) is 16.6. The molecule has 0 radical (unpaired) electrons. The molecule has 0 saturated carbocycles. The molecular weight excluding hydrogens is 319 g/mol. The van der Waals surface area contributed by atoms with Gasteiger partial charge in [-0.2, -0.15) is 0 Å². The van der Waals surface area contributed by atoms with E-state index in [0.29, 0.717) is 17.9 Å². The van der Waals surface area contributed by atoms with Crippen LogP contribution in [-0.4, -0.2) is 27.8 Å². The van der Waals surface area contributed by atoms with Gasteiger partial charge in [-0.1, -0.05) is 12.1 Å². The Labute approximate surface area is 145 Å². The van der Waals surface area contributed by atoms with Crippen LogP contribution in [0.4, 0.5) is 15.9 Å². The molecule has 0 unspecified atom stereocenters. The molecule has 0 bridgehead atoms. The Bertz CT molecular complexity index is 870. The van der Waals surface area contributed by atoms with E-state index in [1.807, 2.05) is 12.1 Å². The smallest absolute Gasteiger partial charge is 0.257 e. The lowest BCUT2D eigenvalue weighted by atomic mass is 10.2. The minimum Gasteiger partial charge on any atom is -0.337 e. The van der Waals surface area contributed by atoms with Crippen molar-refractivity contribution in [1.29, 1.82) is 0 Å². The van der Waals surface area contributed by atoms with E-state index in [4.69, 9.17) is 0 Å². The van der Waals surface area contributed by atoms with Crippen molar-refractivity contribution in [2.24, 2.45) is 0 Å². The minimum atomic E-state index is -0.406. The highest BCUT2D eigenvalue weighted by molar-refractivity contribution is 5.99. The average Bonchev–Trinajstić information content (AvgIpc) is 2.64. The number of pyridine rings is 2. The summed E-state index contributed by atoms with van der Waals surface area (Å²) in [4.78, 5) is 22.5. The van der Waals surface area contributed by atoms with E-state index in [0.717, 1.165) is 5.56 Å². The third kappa shape index (κ3) is 3.98. The van der Waals surface area contributed by atoms with Crippen LogP contribution >= 0.6 is 0 Å². The van der Waals surface area contributed by atoms with Gasteiger partial charge in [0.15, 0.2) is 0 Å². The van der Waals surface area contributed by atoms with E-state index in [1.165, 1.54) is 6.07 Å². The zero-order valence-electron chi connectivity index (χ0n) is 13.7. The molecule has 5 nitrogen and oxygen atoms in total. The Morgan fingerprint density at radius 2 is 1.84 bits per heavy atom. The molecule has 0 aliphatic heterocycles. The number of nitrogens with zero attached hydrogens (tertiary/aromatic N) is 3. The highest BCUT2D eigenvalue weighted by atomic mass is 19.1. The van der Waals surface area contributed by atoms with E-state index < -0.39 is 5.82 Å². The first-order valence-electron chi connectivity index (χ1n) is 7.76. The fraction of sp³-hybridized carbons (Fsp3) is 0.105. The molecule has 3 rings (SSSR count). The van der Waals surface area contributed by atoms with Crippen molar-refractivity contribution < 1.29 is 9.18 Å². The van der Waals surface area contributed by atoms with Crippen molar-refractivity contribution in [2.75, 3.05) is 12.4 Å². The highest BCUT2D eigenvalue weighted by Gasteiger charge is 2.17. The lowest BCUT2D eigenvalue weighted by molar-refractivity contribution is 0.0785. The maximum atomic E-state index is 13.9. The molecule has 126 valence electrons. The monoisotopic (exact) mass is 336 g/mol. The Balaban J connectivity index is 1.82. The van der Waals surface area contributed by atoms with Gasteiger partial charge in [0.05, 0.1) is 11.3 Å². The fourth-order valence-electron chi connectivity index (χ4n) is 2.41. The van der Waals surface area contributed by atoms with E-state index in [1.54, 1.807) is 60.9 Å². The lowest BCUT2D eigenvalue weighted by Crippen LogP contribution is -2.27. The zero-order valence-corrected chi connectivity index (χ0v) is 13.7. The van der Waals surface area contributed by atoms with Crippen molar-refractivity contribution in [3.05, 3.63) is 84.1 Å². The van der Waals surface area contributed by atoms with Crippen LogP contribution in [0.15, 0.2) is 67.1 Å². The Morgan fingerprint density at radius 3 is 2.60 bits per heavy atom. The maximum Gasteiger partial charge on any atom is 0.257 e. The predicted octanol–water partition coefficient (Wildman–Crippen LogP) is 3.63. The van der Waals surface area contributed by atoms with Gasteiger partial charge in [0, 0.05) is 32.2 Å². The van der Waals surface area contributed by atoms with Crippen LogP contribution in [0.2, 0.25) is 0 Å². The van der Waals surface area contributed by atoms with Gasteiger partial charge in [-0.25, -0.2) is 9.37 Å². The average molecular weight is 336 g/mol. The summed E-state index contributed by atoms with van der Waals surface area (Å²) < 4.78 is 13.9. The number of hydrogen-bond acceptors (Lipinski definition) is 4. The van der Waals surface area contributed by atoms with Crippen LogP contribution in [0.5, 0.6) is 0 Å². The molecule has 0 fully saturated rings. The Morgan fingerprint density at radius 1 is 1.08 bits per heavy atom. The highest BCUT2D eigenvalue weighted by Crippen LogP contribution is 2.22. The summed E-state index contributed by atoms with van der Waals surface area (Å²) in [5, 5.41) is 2.90. The van der Waals surface area contributed by atoms with Gasteiger partial charge in [0.2, 0.25) is 0 Å². The molecule has 0 saturated heterocycles. The molecule has 1 amide bonds. The van der Waals surface area contributed by atoms with Crippen LogP contribution in [0, 0.1) is 5.82 Å². The Hall–Kier alpha value is -3.28. The van der Waals surface area contributed by atoms with Crippen molar-refractivity contribution in [3.8, 4) is 0 Å². The largest absolute Gasteiger partial charge is 0.337 e. The van der Waals surface area contributed by atoms with Gasteiger partial charge >= 0.3 is 0 Å². The van der Waals surface area contributed by atoms with Gasteiger partial charge < -0.3 is 10.2 Å². The topological polar surface area (TPSA) is 58.1 Å². The second-order valence-corrected chi connectivity index (χ2v) is 5.52. The van der Waals surface area contributed by atoms with Crippen molar-refractivity contribution in [3.63, 3.8) is 0 Å². The number of hydrogen-bond donors (Lipinski definition) is 1. The lowest BCUT2D eigenvalue weighted by Gasteiger charge is -2.19. The maximum absolute atomic E-state index is 13.9. The van der Waals surface area contributed by atoms with Crippen molar-refractivity contribution >= 4 is 17.4 Å². The molecule has 0 atom stereocenters. The number of nitrogens with one attached hydrogen (secondary N) is 1. The molecule has 0 aliphatic rings. The molecule has 0 spiro atoms. The predicted molar refractivity (Wildman–Crippen MR) is 94.0 cm³/mol. The van der Waals surface area contributed by atoms with E-state index in [2.05, 4.69) is 15.3 Å². The van der Waals surface area contributed by atoms with Crippen LogP contribution in [-0.2, 0) is 6.54 Å². The number of para-hydroxylation sites is 1. The molecule has 1 aromatic carbocycles. The third-order valence-electron chi connectivity index (χ3n) is 3.68. The number of aromatic nitrogens is 2. The third-order valence-corrected chi connectivity index (χ3v) is 3.68. The number of carbonyl (C=O) groups excluding carboxylic acids is 1. The number of rotatable bonds is 5. The molecule has 2 heterocycles. The second kappa shape index (κ2) is 7.53. The van der Waals surface area contributed by atoms with E-state index >= 15 is 0 Å². The van der Waals surface area contributed by atoms with Crippen LogP contribution < -0.4 is 5.32 Å². The fourth-order valence-corrected chi connectivity index (χ4v) is 2.41. The summed E-state index contributed by atoms with van der Waals surface area (Å²) in [6.07, 6.45) is 4.93. The number of amides is 1. The quantitative estimate of drug-likeness (QED) is 0.773. The molecule has 0 aliphatic carbocycles. The Kier molecular flexibility index (Phi) is 4.99. The minimum absolute atomic E-state index is 0.205. The summed E-state index contributed by atoms with van der Waals surface area (Å²) in [5.41, 5.74) is 1.62. The second-order valence-electron chi connectivity index (χ2n) is 5.52. The summed E-state index contributed by atoms with van der Waals surface area (Å²) in [6, 6.07) is 13.3. The van der Waals surface area contributed by atoms with Gasteiger partial charge in [0.25, 0.3) is 5.91 Å². The van der Waals surface area contributed by atoms with Gasteiger partial charge in [0.1, 0.15) is 11.6 Å². The van der Waals surface area contributed by atoms with Gasteiger partial charge in [-0.05, 0) is 42.0 Å². The normalized spacial score (nSPS) is 10.3. The first-order valence-corrected chi connectivity index (χ1v) is 7.76. The van der Waals surface area contributed by atoms with Crippen molar-refractivity contribution in [2.45, 2.75) is 6.54 Å². The summed E-state index contributed by atoms with van der Waals surface area (Å²) >= 11 is 0. The van der Waals surface area contributed by atoms with Crippen LogP contribution in [0.1, 0.15) is 15.9 Å². The molecular formula is C19H17FN4O. The summed E-state index contributed by atoms with van der Waals surface area (Å²) in [7, 11) is 1.71. The summed E-state index contributed by atoms with van der Waals surface area (Å²) in [5.74, 6) is -0.292. The SMILES string of the molecule is CN(Cc1ccncc1)C(=O)c1cccnc1Nc1ccccc1F. The van der Waals surface area contributed by atoms with Crippen molar-refractivity contribution in [1.82, 2.24) is 14.9 Å². The number of carbonyl (C=O) groups is 1. The van der Waals surface area contributed by atoms with Gasteiger partial charge in [-0.3, -0.25) is 9.78 Å².